The van der Waals surface area contributed by atoms with E-state index in [1.807, 2.05) is 24.1 Å². The summed E-state index contributed by atoms with van der Waals surface area (Å²) in [4.78, 5) is 17.8. The second kappa shape index (κ2) is 10.4. The Balaban J connectivity index is 1.38. The third-order valence-corrected chi connectivity index (χ3v) is 8.44. The molecule has 2 atom stereocenters. The Bertz CT molecular complexity index is 1390. The molecule has 0 amide bonds. The summed E-state index contributed by atoms with van der Waals surface area (Å²) in [5.74, 6) is 1.09. The molecule has 11 heteroatoms. The van der Waals surface area contributed by atoms with E-state index in [4.69, 9.17) is 4.74 Å². The lowest BCUT2D eigenvalue weighted by molar-refractivity contribution is -0.136. The molecule has 1 unspecified atom stereocenters. The number of imidazole rings is 1. The molecule has 2 N–H and O–H groups in total. The lowest BCUT2D eigenvalue weighted by atomic mass is 9.71. The second-order valence-electron chi connectivity index (χ2n) is 11.4. The van der Waals surface area contributed by atoms with Crippen LogP contribution in [-0.4, -0.2) is 65.5 Å². The zero-order valence-electron chi connectivity index (χ0n) is 22.2. The van der Waals surface area contributed by atoms with Crippen molar-refractivity contribution >= 4 is 5.52 Å². The lowest BCUT2D eigenvalue weighted by Gasteiger charge is -2.39. The predicted octanol–water partition coefficient (Wildman–Crippen LogP) is 3.39. The molecule has 3 aliphatic rings. The summed E-state index contributed by atoms with van der Waals surface area (Å²) in [7, 11) is 3.94. The highest BCUT2D eigenvalue weighted by Crippen LogP contribution is 2.42. The maximum absolute atomic E-state index is 14.2. The number of fused-ring (bicyclic) bond motifs is 1. The molecule has 1 aliphatic carbocycles. The van der Waals surface area contributed by atoms with Gasteiger partial charge in [0, 0.05) is 37.3 Å². The van der Waals surface area contributed by atoms with Gasteiger partial charge in [-0.15, -0.1) is 0 Å². The average molecular weight is 545 g/mol. The van der Waals surface area contributed by atoms with Crippen molar-refractivity contribution in [2.24, 2.45) is 11.8 Å². The molecule has 8 nitrogen and oxygen atoms in total. The number of ether oxygens (including phenoxy) is 1. The molecule has 0 spiro atoms. The first-order valence-electron chi connectivity index (χ1n) is 13.6. The summed E-state index contributed by atoms with van der Waals surface area (Å²) in [6.07, 6.45) is 1.83. The third kappa shape index (κ3) is 5.14. The van der Waals surface area contributed by atoms with Crippen molar-refractivity contribution in [1.82, 2.24) is 29.6 Å². The molecule has 1 aromatic carbocycles. The number of alkyl halides is 3. The molecule has 4 heterocycles. The number of pyridine rings is 1. The van der Waals surface area contributed by atoms with Crippen molar-refractivity contribution in [3.63, 3.8) is 0 Å². The van der Waals surface area contributed by atoms with Crippen LogP contribution >= 0.6 is 0 Å². The Hall–Kier alpha value is -2.70. The third-order valence-electron chi connectivity index (χ3n) is 8.44. The van der Waals surface area contributed by atoms with Gasteiger partial charge in [-0.05, 0) is 62.2 Å². The monoisotopic (exact) mass is 544 g/mol. The minimum atomic E-state index is -4.59. The minimum absolute atomic E-state index is 0.0956. The average Bonchev–Trinajstić information content (AvgIpc) is 3.40. The molecule has 6 rings (SSSR count). The molecule has 39 heavy (non-hydrogen) atoms. The topological polar surface area (TPSA) is 66.2 Å². The van der Waals surface area contributed by atoms with E-state index in [-0.39, 0.29) is 17.6 Å². The SMILES string of the molecule is CN(Cc1cc(C(F)(F)F)c2cn(-c3cccc([C@@H](C4CCC4)C4NNCN4C)c3)c(=O)n2c1)CC1COC1. The van der Waals surface area contributed by atoms with Crippen LogP contribution in [0.4, 0.5) is 13.2 Å². The smallest absolute Gasteiger partial charge is 0.381 e. The van der Waals surface area contributed by atoms with E-state index in [1.54, 1.807) is 12.3 Å². The van der Waals surface area contributed by atoms with Gasteiger partial charge >= 0.3 is 11.9 Å². The molecule has 2 saturated heterocycles. The molecule has 2 aromatic heterocycles. The van der Waals surface area contributed by atoms with Gasteiger partial charge < -0.3 is 9.64 Å². The van der Waals surface area contributed by atoms with Gasteiger partial charge in [-0.25, -0.2) is 15.6 Å². The van der Waals surface area contributed by atoms with Gasteiger partial charge in [-0.1, -0.05) is 18.6 Å². The van der Waals surface area contributed by atoms with Crippen LogP contribution in [0.3, 0.4) is 0 Å². The first-order valence-corrected chi connectivity index (χ1v) is 13.6. The van der Waals surface area contributed by atoms with Crippen LogP contribution in [0.2, 0.25) is 0 Å². The maximum Gasteiger partial charge on any atom is 0.418 e. The quantitative estimate of drug-likeness (QED) is 0.454. The highest BCUT2D eigenvalue weighted by Gasteiger charge is 2.39. The second-order valence-corrected chi connectivity index (χ2v) is 11.4. The van der Waals surface area contributed by atoms with E-state index in [2.05, 4.69) is 28.9 Å². The van der Waals surface area contributed by atoms with Crippen LogP contribution in [0.5, 0.6) is 0 Å². The van der Waals surface area contributed by atoms with Crippen molar-refractivity contribution in [3.8, 4) is 5.69 Å². The van der Waals surface area contributed by atoms with Crippen molar-refractivity contribution in [3.05, 3.63) is 69.9 Å². The van der Waals surface area contributed by atoms with Gasteiger partial charge in [-0.2, -0.15) is 13.2 Å². The summed E-state index contributed by atoms with van der Waals surface area (Å²) in [6.45, 7) is 3.10. The number of rotatable bonds is 8. The van der Waals surface area contributed by atoms with Crippen LogP contribution < -0.4 is 16.5 Å². The number of nitrogens with zero attached hydrogens (tertiary/aromatic N) is 4. The van der Waals surface area contributed by atoms with Crippen LogP contribution in [0.1, 0.15) is 41.9 Å². The Morgan fingerprint density at radius 1 is 1.18 bits per heavy atom. The van der Waals surface area contributed by atoms with Gasteiger partial charge in [0.15, 0.2) is 0 Å². The molecule has 3 fully saturated rings. The number of hydrogen-bond donors (Lipinski definition) is 2. The van der Waals surface area contributed by atoms with Crippen LogP contribution in [-0.2, 0) is 17.5 Å². The minimum Gasteiger partial charge on any atom is -0.381 e. The number of hydrazine groups is 1. The normalized spacial score (nSPS) is 21.9. The van der Waals surface area contributed by atoms with E-state index in [9.17, 15) is 18.0 Å². The Labute approximate surface area is 225 Å². The van der Waals surface area contributed by atoms with Crippen LogP contribution in [0.15, 0.2) is 47.5 Å². The maximum atomic E-state index is 14.2. The van der Waals surface area contributed by atoms with Gasteiger partial charge in [0.05, 0.1) is 42.8 Å². The van der Waals surface area contributed by atoms with E-state index in [0.29, 0.717) is 42.8 Å². The number of likely N-dealkylation sites (N-methyl/N-ethyl adjacent to an activating group) is 1. The van der Waals surface area contributed by atoms with Gasteiger partial charge in [0.1, 0.15) is 0 Å². The number of aromatic nitrogens is 2. The van der Waals surface area contributed by atoms with Crippen molar-refractivity contribution in [2.75, 3.05) is 40.5 Å². The molecule has 2 aliphatic heterocycles. The summed E-state index contributed by atoms with van der Waals surface area (Å²) in [5, 5.41) is 0. The molecule has 1 saturated carbocycles. The molecule has 0 bridgehead atoms. The first kappa shape index (κ1) is 26.5. The number of benzene rings is 1. The zero-order chi connectivity index (χ0) is 27.3. The molecule has 3 aromatic rings. The van der Waals surface area contributed by atoms with Gasteiger partial charge in [-0.3, -0.25) is 13.9 Å². The van der Waals surface area contributed by atoms with E-state index in [0.717, 1.165) is 36.0 Å². The predicted molar refractivity (Wildman–Crippen MR) is 141 cm³/mol. The highest BCUT2D eigenvalue weighted by atomic mass is 19.4. The molecular weight excluding hydrogens is 509 g/mol. The zero-order valence-corrected chi connectivity index (χ0v) is 22.2. The molecular formula is C28H35F3N6O2. The summed E-state index contributed by atoms with van der Waals surface area (Å²) >= 11 is 0. The van der Waals surface area contributed by atoms with E-state index >= 15 is 0 Å². The Morgan fingerprint density at radius 3 is 2.59 bits per heavy atom. The highest BCUT2D eigenvalue weighted by molar-refractivity contribution is 5.58. The molecule has 210 valence electrons. The molecule has 0 radical (unpaired) electrons. The standard InChI is InChI=1S/C28H35F3N6O2/c1-34(12-19-15-39-16-19)11-18-9-23(28(29,30)31)24-14-36(27(38)37(24)13-18)22-8-4-7-21(10-22)25(20-5-3-6-20)26-33-32-17-35(26)2/h4,7-10,13-14,19-20,25-26,32-33H,3,5-6,11-12,15-17H2,1-2H3/t25-,26?/m1/s1. The van der Waals surface area contributed by atoms with Crippen LogP contribution in [0, 0.1) is 11.8 Å². The Kier molecular flexibility index (Phi) is 7.05. The van der Waals surface area contributed by atoms with Crippen molar-refractivity contribution in [1.29, 1.82) is 0 Å². The summed E-state index contributed by atoms with van der Waals surface area (Å²) in [5.41, 5.74) is 7.21. The van der Waals surface area contributed by atoms with Crippen LogP contribution in [0.25, 0.3) is 11.2 Å². The van der Waals surface area contributed by atoms with Gasteiger partial charge in [0.2, 0.25) is 0 Å². The van der Waals surface area contributed by atoms with Gasteiger partial charge in [0.25, 0.3) is 0 Å². The van der Waals surface area contributed by atoms with Crippen molar-refractivity contribution in [2.45, 2.75) is 44.1 Å². The fourth-order valence-electron chi connectivity index (χ4n) is 6.19. The fourth-order valence-corrected chi connectivity index (χ4v) is 6.19. The first-order chi connectivity index (χ1) is 18.7. The number of hydrogen-bond acceptors (Lipinski definition) is 6. The van der Waals surface area contributed by atoms with E-state index < -0.39 is 17.4 Å². The summed E-state index contributed by atoms with van der Waals surface area (Å²) in [6, 6.07) is 8.87. The lowest BCUT2D eigenvalue weighted by Crippen LogP contribution is -2.44. The van der Waals surface area contributed by atoms with E-state index in [1.165, 1.54) is 23.3 Å². The largest absolute Gasteiger partial charge is 0.418 e. The number of halogens is 3. The number of nitrogens with one attached hydrogen (secondary N) is 2. The fraction of sp³-hybridized carbons (Fsp3) is 0.536. The van der Waals surface area contributed by atoms with Crippen molar-refractivity contribution < 1.29 is 17.9 Å². The summed E-state index contributed by atoms with van der Waals surface area (Å²) < 4.78 is 50.3. The Morgan fingerprint density at radius 2 is 1.97 bits per heavy atom.